The van der Waals surface area contributed by atoms with E-state index in [-0.39, 0.29) is 6.04 Å². The number of hydrogen-bond acceptors (Lipinski definition) is 4. The Hall–Kier alpha value is -2.17. The second kappa shape index (κ2) is 6.73. The highest BCUT2D eigenvalue weighted by molar-refractivity contribution is 6.30. The molecule has 3 aromatic rings. The topological polar surface area (TPSA) is 51.0 Å². The summed E-state index contributed by atoms with van der Waals surface area (Å²) in [6.45, 7) is 2.58. The number of halogens is 1. The minimum Gasteiger partial charge on any atom is -0.338 e. The van der Waals surface area contributed by atoms with Gasteiger partial charge in [-0.25, -0.2) is 0 Å². The predicted octanol–water partition coefficient (Wildman–Crippen LogP) is 4.24. The van der Waals surface area contributed by atoms with Gasteiger partial charge in [0.25, 0.3) is 0 Å². The van der Waals surface area contributed by atoms with Crippen LogP contribution in [0, 0.1) is 0 Å². The molecule has 0 fully saturated rings. The van der Waals surface area contributed by atoms with Gasteiger partial charge in [0.2, 0.25) is 11.7 Å². The van der Waals surface area contributed by atoms with Crippen LogP contribution in [0.4, 0.5) is 0 Å². The molecule has 22 heavy (non-hydrogen) atoms. The van der Waals surface area contributed by atoms with E-state index in [1.165, 1.54) is 0 Å². The second-order valence-electron chi connectivity index (χ2n) is 5.04. The Bertz CT molecular complexity index is 742. The third-order valence-electron chi connectivity index (χ3n) is 3.41. The molecule has 0 saturated heterocycles. The van der Waals surface area contributed by atoms with Crippen molar-refractivity contribution in [3.05, 3.63) is 71.1 Å². The largest absolute Gasteiger partial charge is 0.338 e. The number of hydrogen-bond donors (Lipinski definition) is 1. The van der Waals surface area contributed by atoms with Gasteiger partial charge in [-0.3, -0.25) is 0 Å². The van der Waals surface area contributed by atoms with Crippen LogP contribution in [0.2, 0.25) is 5.02 Å². The fraction of sp³-hybridized carbons (Fsp3) is 0.176. The van der Waals surface area contributed by atoms with Gasteiger partial charge in [-0.2, -0.15) is 4.98 Å². The van der Waals surface area contributed by atoms with Gasteiger partial charge in [-0.15, -0.1) is 0 Å². The number of benzene rings is 2. The number of aromatic nitrogens is 2. The fourth-order valence-electron chi connectivity index (χ4n) is 2.17. The fourth-order valence-corrected chi connectivity index (χ4v) is 2.36. The van der Waals surface area contributed by atoms with E-state index >= 15 is 0 Å². The van der Waals surface area contributed by atoms with Crippen molar-refractivity contribution >= 4 is 11.6 Å². The van der Waals surface area contributed by atoms with Gasteiger partial charge in [0.05, 0.1) is 6.54 Å². The van der Waals surface area contributed by atoms with E-state index < -0.39 is 0 Å². The molecule has 1 aromatic heterocycles. The van der Waals surface area contributed by atoms with Crippen molar-refractivity contribution in [2.45, 2.75) is 19.5 Å². The molecular formula is C17H16ClN3O. The average Bonchev–Trinajstić information content (AvgIpc) is 3.02. The first-order valence-corrected chi connectivity index (χ1v) is 7.47. The van der Waals surface area contributed by atoms with E-state index in [9.17, 15) is 0 Å². The molecule has 1 N–H and O–H groups in total. The van der Waals surface area contributed by atoms with Crippen LogP contribution < -0.4 is 5.32 Å². The van der Waals surface area contributed by atoms with Crippen LogP contribution in [0.15, 0.2) is 59.1 Å². The zero-order chi connectivity index (χ0) is 15.4. The first-order valence-electron chi connectivity index (χ1n) is 7.09. The molecule has 4 nitrogen and oxygen atoms in total. The molecule has 1 heterocycles. The summed E-state index contributed by atoms with van der Waals surface area (Å²) in [5.74, 6) is 1.17. The standard InChI is InChI=1S/C17H16ClN3O/c1-12(14-8-5-9-15(18)10-14)19-11-16-20-17(21-22-16)13-6-3-2-4-7-13/h2-10,12,19H,11H2,1H3/t12-/m0/s1. The summed E-state index contributed by atoms with van der Waals surface area (Å²) in [6.07, 6.45) is 0. The summed E-state index contributed by atoms with van der Waals surface area (Å²) in [7, 11) is 0. The monoisotopic (exact) mass is 313 g/mol. The highest BCUT2D eigenvalue weighted by Crippen LogP contribution is 2.18. The van der Waals surface area contributed by atoms with Crippen molar-refractivity contribution in [3.8, 4) is 11.4 Å². The Kier molecular flexibility index (Phi) is 4.51. The van der Waals surface area contributed by atoms with Gasteiger partial charge in [0.1, 0.15) is 0 Å². The van der Waals surface area contributed by atoms with Crippen molar-refractivity contribution in [3.63, 3.8) is 0 Å². The summed E-state index contributed by atoms with van der Waals surface area (Å²) >= 11 is 6.01. The lowest BCUT2D eigenvalue weighted by molar-refractivity contribution is 0.360. The van der Waals surface area contributed by atoms with Crippen LogP contribution in [0.5, 0.6) is 0 Å². The van der Waals surface area contributed by atoms with Crippen molar-refractivity contribution in [1.29, 1.82) is 0 Å². The van der Waals surface area contributed by atoms with Crippen LogP contribution >= 0.6 is 11.6 Å². The third-order valence-corrected chi connectivity index (χ3v) is 3.64. The Morgan fingerprint density at radius 1 is 1.14 bits per heavy atom. The maximum absolute atomic E-state index is 6.01. The maximum Gasteiger partial charge on any atom is 0.240 e. The summed E-state index contributed by atoms with van der Waals surface area (Å²) < 4.78 is 5.28. The van der Waals surface area contributed by atoms with E-state index in [0.717, 1.165) is 16.1 Å². The van der Waals surface area contributed by atoms with Gasteiger partial charge in [0.15, 0.2) is 0 Å². The van der Waals surface area contributed by atoms with E-state index in [4.69, 9.17) is 16.1 Å². The Morgan fingerprint density at radius 2 is 1.95 bits per heavy atom. The van der Waals surface area contributed by atoms with Gasteiger partial charge >= 0.3 is 0 Å². The van der Waals surface area contributed by atoms with Crippen LogP contribution in [0.3, 0.4) is 0 Å². The molecule has 0 aliphatic heterocycles. The molecule has 1 atom stereocenters. The van der Waals surface area contributed by atoms with Crippen molar-refractivity contribution in [2.24, 2.45) is 0 Å². The highest BCUT2D eigenvalue weighted by atomic mass is 35.5. The lowest BCUT2D eigenvalue weighted by Gasteiger charge is -2.12. The van der Waals surface area contributed by atoms with Gasteiger partial charge < -0.3 is 9.84 Å². The molecule has 0 spiro atoms. The van der Waals surface area contributed by atoms with Gasteiger partial charge in [0, 0.05) is 16.6 Å². The highest BCUT2D eigenvalue weighted by Gasteiger charge is 2.10. The molecule has 0 aliphatic rings. The number of nitrogens with one attached hydrogen (secondary N) is 1. The van der Waals surface area contributed by atoms with Crippen LogP contribution in [-0.4, -0.2) is 10.1 Å². The van der Waals surface area contributed by atoms with Crippen molar-refractivity contribution in [1.82, 2.24) is 15.5 Å². The molecule has 0 amide bonds. The van der Waals surface area contributed by atoms with Crippen molar-refractivity contribution < 1.29 is 4.52 Å². The van der Waals surface area contributed by atoms with Crippen LogP contribution in [0.1, 0.15) is 24.4 Å². The molecule has 0 bridgehead atoms. The van der Waals surface area contributed by atoms with Gasteiger partial charge in [-0.1, -0.05) is 59.2 Å². The molecule has 112 valence electrons. The lowest BCUT2D eigenvalue weighted by atomic mass is 10.1. The maximum atomic E-state index is 6.01. The summed E-state index contributed by atoms with van der Waals surface area (Å²) in [5.41, 5.74) is 2.07. The number of rotatable bonds is 5. The Balaban J connectivity index is 1.64. The molecule has 0 unspecified atom stereocenters. The molecule has 5 heteroatoms. The predicted molar refractivity (Wildman–Crippen MR) is 86.4 cm³/mol. The van der Waals surface area contributed by atoms with Crippen molar-refractivity contribution in [2.75, 3.05) is 0 Å². The second-order valence-corrected chi connectivity index (χ2v) is 5.47. The minimum atomic E-state index is 0.144. The zero-order valence-electron chi connectivity index (χ0n) is 12.2. The van der Waals surface area contributed by atoms with E-state index in [2.05, 4.69) is 22.4 Å². The SMILES string of the molecule is C[C@H](NCc1nc(-c2ccccc2)no1)c1cccc(Cl)c1. The molecular weight excluding hydrogens is 298 g/mol. The smallest absolute Gasteiger partial charge is 0.240 e. The lowest BCUT2D eigenvalue weighted by Crippen LogP contribution is -2.18. The van der Waals surface area contributed by atoms with Gasteiger partial charge in [-0.05, 0) is 24.6 Å². The Morgan fingerprint density at radius 3 is 2.73 bits per heavy atom. The minimum absolute atomic E-state index is 0.144. The molecule has 0 aliphatic carbocycles. The van der Waals surface area contributed by atoms with E-state index in [1.54, 1.807) is 0 Å². The zero-order valence-corrected chi connectivity index (χ0v) is 12.9. The molecule has 0 saturated carbocycles. The summed E-state index contributed by atoms with van der Waals surface area (Å²) in [5, 5.41) is 8.09. The van der Waals surface area contributed by atoms with Crippen LogP contribution in [-0.2, 0) is 6.54 Å². The quantitative estimate of drug-likeness (QED) is 0.765. The molecule has 3 rings (SSSR count). The average molecular weight is 314 g/mol. The van der Waals surface area contributed by atoms with E-state index in [1.807, 2.05) is 54.6 Å². The first kappa shape index (κ1) is 14.8. The Labute approximate surface area is 134 Å². The molecule has 0 radical (unpaired) electrons. The normalized spacial score (nSPS) is 12.3. The first-order chi connectivity index (χ1) is 10.7. The van der Waals surface area contributed by atoms with Crippen LogP contribution in [0.25, 0.3) is 11.4 Å². The third kappa shape index (κ3) is 3.53. The summed E-state index contributed by atoms with van der Waals surface area (Å²) in [6, 6.07) is 17.7. The number of nitrogens with zero attached hydrogens (tertiary/aromatic N) is 2. The summed E-state index contributed by atoms with van der Waals surface area (Å²) in [4.78, 5) is 4.40. The molecule has 2 aromatic carbocycles. The van der Waals surface area contributed by atoms with E-state index in [0.29, 0.717) is 18.3 Å².